The Kier molecular flexibility index (Phi) is 8.00. The molecule has 0 fully saturated rings. The summed E-state index contributed by atoms with van der Waals surface area (Å²) in [6.45, 7) is 0.880. The van der Waals surface area contributed by atoms with Gasteiger partial charge in [0.1, 0.15) is 12.4 Å². The number of nitrogens with one attached hydrogen (secondary N) is 2. The molecule has 0 amide bonds. The van der Waals surface area contributed by atoms with E-state index in [0.29, 0.717) is 30.1 Å². The van der Waals surface area contributed by atoms with Gasteiger partial charge in [-0.25, -0.2) is 16.8 Å². The number of hydrogen-bond acceptors (Lipinski definition) is 7. The second kappa shape index (κ2) is 10.3. The van der Waals surface area contributed by atoms with Crippen LogP contribution in [0.15, 0.2) is 53.8 Å². The zero-order valence-electron chi connectivity index (χ0n) is 16.6. The number of ether oxygens (including phenoxy) is 1. The molecule has 0 aliphatic rings. The van der Waals surface area contributed by atoms with Crippen molar-refractivity contribution < 1.29 is 21.6 Å². The van der Waals surface area contributed by atoms with Gasteiger partial charge in [-0.2, -0.15) is 0 Å². The van der Waals surface area contributed by atoms with E-state index in [9.17, 15) is 21.7 Å². The number of benzene rings is 2. The normalized spacial score (nSPS) is 11.5. The third kappa shape index (κ3) is 9.09. The van der Waals surface area contributed by atoms with Crippen molar-refractivity contribution in [2.45, 2.75) is 6.42 Å². The van der Waals surface area contributed by atoms with Gasteiger partial charge in [0.15, 0.2) is 0 Å². The minimum Gasteiger partial charge on any atom is -0.492 e. The van der Waals surface area contributed by atoms with Gasteiger partial charge in [0.05, 0.1) is 24.3 Å². The fourth-order valence-electron chi connectivity index (χ4n) is 2.51. The van der Waals surface area contributed by atoms with Crippen molar-refractivity contribution in [3.63, 3.8) is 0 Å². The van der Waals surface area contributed by atoms with E-state index in [0.717, 1.165) is 18.1 Å². The molecule has 2 aromatic carbocycles. The number of nitrogens with zero attached hydrogens (tertiary/aromatic N) is 2. The summed E-state index contributed by atoms with van der Waals surface area (Å²) >= 11 is 0. The molecule has 0 bridgehead atoms. The maximum atomic E-state index is 11.2. The van der Waals surface area contributed by atoms with Gasteiger partial charge in [-0.05, 0) is 48.4 Å². The summed E-state index contributed by atoms with van der Waals surface area (Å²) in [7, 11) is -6.66. The molecule has 10 nitrogen and oxygen atoms in total. The summed E-state index contributed by atoms with van der Waals surface area (Å²) in [5.41, 5.74) is 1.83. The second-order valence-electron chi connectivity index (χ2n) is 6.60. The predicted octanol–water partition coefficient (Wildman–Crippen LogP) is 2.03. The summed E-state index contributed by atoms with van der Waals surface area (Å²) in [6, 6.07) is 13.3. The molecule has 0 atom stereocenters. The van der Waals surface area contributed by atoms with Crippen LogP contribution in [0.2, 0.25) is 0 Å². The molecule has 0 aliphatic carbocycles. The van der Waals surface area contributed by atoms with Crippen LogP contribution in [0.1, 0.15) is 5.56 Å². The van der Waals surface area contributed by atoms with E-state index in [1.54, 1.807) is 48.5 Å². The molecule has 12 heteroatoms. The number of anilines is 2. The van der Waals surface area contributed by atoms with E-state index in [4.69, 9.17) is 4.74 Å². The lowest BCUT2D eigenvalue weighted by molar-refractivity contribution is 0.214. The highest BCUT2D eigenvalue weighted by atomic mass is 32.2. The number of nitroso groups, excluding NO2 is 1. The Morgan fingerprint density at radius 1 is 0.833 bits per heavy atom. The summed E-state index contributed by atoms with van der Waals surface area (Å²) in [5, 5.41) is 4.33. The van der Waals surface area contributed by atoms with E-state index in [1.165, 1.54) is 5.01 Å². The minimum atomic E-state index is -3.34. The highest BCUT2D eigenvalue weighted by Gasteiger charge is 2.07. The van der Waals surface area contributed by atoms with Crippen LogP contribution in [0.25, 0.3) is 0 Å². The first-order valence-electron chi connectivity index (χ1n) is 8.90. The fraction of sp³-hybridized carbons (Fsp3) is 0.333. The van der Waals surface area contributed by atoms with Crippen LogP contribution in [-0.2, 0) is 26.5 Å². The average Bonchev–Trinajstić information content (AvgIpc) is 2.64. The SMILES string of the molecule is CS(=O)(=O)Nc1ccc(CCN(CCOc2ccc(NS(C)(=O)=O)cc2)N=O)cc1. The Balaban J connectivity index is 1.77. The third-order valence-electron chi connectivity index (χ3n) is 3.81. The highest BCUT2D eigenvalue weighted by molar-refractivity contribution is 7.92. The van der Waals surface area contributed by atoms with Gasteiger partial charge in [0.25, 0.3) is 0 Å². The molecule has 0 aliphatic heterocycles. The molecule has 0 unspecified atom stereocenters. The van der Waals surface area contributed by atoms with Gasteiger partial charge in [-0.3, -0.25) is 14.5 Å². The molecule has 0 spiro atoms. The van der Waals surface area contributed by atoms with Gasteiger partial charge < -0.3 is 4.74 Å². The maximum absolute atomic E-state index is 11.2. The number of sulfonamides is 2. The van der Waals surface area contributed by atoms with E-state index >= 15 is 0 Å². The molecular weight excluding hydrogens is 432 g/mol. The van der Waals surface area contributed by atoms with Crippen LogP contribution < -0.4 is 14.2 Å². The van der Waals surface area contributed by atoms with Crippen molar-refractivity contribution in [3.05, 3.63) is 59.0 Å². The molecule has 0 heterocycles. The standard InChI is InChI=1S/C18H24N4O6S2/c1-29(24,25)19-16-5-3-15(4-6-16)11-12-22(21-23)13-14-28-18-9-7-17(8-10-18)20-30(2,26)27/h3-10,19-20H,11-14H2,1-2H3. The summed E-state index contributed by atoms with van der Waals surface area (Å²) < 4.78 is 55.1. The van der Waals surface area contributed by atoms with E-state index in [1.807, 2.05) is 0 Å². The zero-order chi connectivity index (χ0) is 22.2. The van der Waals surface area contributed by atoms with Gasteiger partial charge in [-0.1, -0.05) is 12.1 Å². The van der Waals surface area contributed by atoms with Crippen molar-refractivity contribution in [2.75, 3.05) is 41.7 Å². The Labute approximate surface area is 176 Å². The Bertz CT molecular complexity index is 1040. The van der Waals surface area contributed by atoms with Crippen molar-refractivity contribution in [1.82, 2.24) is 5.01 Å². The summed E-state index contributed by atoms with van der Waals surface area (Å²) in [5.74, 6) is 0.536. The third-order valence-corrected chi connectivity index (χ3v) is 5.02. The van der Waals surface area contributed by atoms with Crippen molar-refractivity contribution in [2.24, 2.45) is 5.29 Å². The Hall–Kier alpha value is -2.86. The lowest BCUT2D eigenvalue weighted by Gasteiger charge is -2.16. The highest BCUT2D eigenvalue weighted by Crippen LogP contribution is 2.16. The van der Waals surface area contributed by atoms with Crippen LogP contribution in [0.5, 0.6) is 5.75 Å². The maximum Gasteiger partial charge on any atom is 0.229 e. The Morgan fingerprint density at radius 2 is 1.33 bits per heavy atom. The fourth-order valence-corrected chi connectivity index (χ4v) is 3.64. The van der Waals surface area contributed by atoms with Crippen molar-refractivity contribution in [3.8, 4) is 5.75 Å². The largest absolute Gasteiger partial charge is 0.492 e. The zero-order valence-corrected chi connectivity index (χ0v) is 18.2. The first-order valence-corrected chi connectivity index (χ1v) is 12.7. The van der Waals surface area contributed by atoms with Crippen LogP contribution >= 0.6 is 0 Å². The molecule has 0 aromatic heterocycles. The van der Waals surface area contributed by atoms with Gasteiger partial charge in [-0.15, -0.1) is 4.91 Å². The van der Waals surface area contributed by atoms with Gasteiger partial charge in [0.2, 0.25) is 20.0 Å². The number of hydrogen-bond donors (Lipinski definition) is 2. The van der Waals surface area contributed by atoms with E-state index < -0.39 is 20.0 Å². The molecule has 164 valence electrons. The Morgan fingerprint density at radius 3 is 1.80 bits per heavy atom. The smallest absolute Gasteiger partial charge is 0.229 e. The molecule has 30 heavy (non-hydrogen) atoms. The minimum absolute atomic E-state index is 0.224. The van der Waals surface area contributed by atoms with E-state index in [2.05, 4.69) is 14.7 Å². The van der Waals surface area contributed by atoms with E-state index in [-0.39, 0.29) is 13.2 Å². The van der Waals surface area contributed by atoms with Crippen LogP contribution in [0.3, 0.4) is 0 Å². The van der Waals surface area contributed by atoms with Crippen molar-refractivity contribution >= 4 is 31.4 Å². The summed E-state index contributed by atoms with van der Waals surface area (Å²) in [4.78, 5) is 11.0. The topological polar surface area (TPSA) is 134 Å². The molecule has 0 saturated heterocycles. The number of rotatable bonds is 12. The molecule has 0 radical (unpaired) electrons. The molecular formula is C18H24N4O6S2. The van der Waals surface area contributed by atoms with Crippen LogP contribution in [0.4, 0.5) is 11.4 Å². The second-order valence-corrected chi connectivity index (χ2v) is 10.1. The molecule has 0 saturated carbocycles. The van der Waals surface area contributed by atoms with Crippen LogP contribution in [0, 0.1) is 4.91 Å². The lowest BCUT2D eigenvalue weighted by Crippen LogP contribution is -2.25. The molecule has 2 rings (SSSR count). The first kappa shape index (κ1) is 23.4. The quantitative estimate of drug-likeness (QED) is 0.369. The van der Waals surface area contributed by atoms with Gasteiger partial charge in [0, 0.05) is 17.9 Å². The average molecular weight is 457 g/mol. The predicted molar refractivity (Wildman–Crippen MR) is 116 cm³/mol. The molecule has 2 N–H and O–H groups in total. The molecule has 2 aromatic rings. The lowest BCUT2D eigenvalue weighted by atomic mass is 10.1. The monoisotopic (exact) mass is 456 g/mol. The van der Waals surface area contributed by atoms with Crippen molar-refractivity contribution in [1.29, 1.82) is 0 Å². The van der Waals surface area contributed by atoms with Crippen LogP contribution in [-0.4, -0.2) is 54.1 Å². The first-order chi connectivity index (χ1) is 14.0. The van der Waals surface area contributed by atoms with Gasteiger partial charge >= 0.3 is 0 Å². The summed E-state index contributed by atoms with van der Waals surface area (Å²) in [6.07, 6.45) is 2.70.